The van der Waals surface area contributed by atoms with Gasteiger partial charge in [0.25, 0.3) is 0 Å². The van der Waals surface area contributed by atoms with Crippen molar-refractivity contribution in [1.82, 2.24) is 15.0 Å². The van der Waals surface area contributed by atoms with Crippen molar-refractivity contribution >= 4 is 5.97 Å². The van der Waals surface area contributed by atoms with Crippen molar-refractivity contribution in [3.8, 4) is 16.9 Å². The van der Waals surface area contributed by atoms with Crippen LogP contribution in [0.1, 0.15) is 16.8 Å². The van der Waals surface area contributed by atoms with E-state index in [4.69, 9.17) is 5.11 Å². The molecule has 0 aliphatic carbocycles. The summed E-state index contributed by atoms with van der Waals surface area (Å²) in [6, 6.07) is 15.7. The number of aromatic nitrogens is 3. The number of carbonyl (C=O) groups is 1. The number of rotatable bonds is 4. The van der Waals surface area contributed by atoms with Crippen LogP contribution in [0.5, 0.6) is 0 Å². The first-order valence-corrected chi connectivity index (χ1v) is 7.35. The highest BCUT2D eigenvalue weighted by molar-refractivity contribution is 5.74. The van der Waals surface area contributed by atoms with E-state index >= 15 is 0 Å². The van der Waals surface area contributed by atoms with E-state index in [1.807, 2.05) is 56.3 Å². The number of aliphatic carboxylic acids is 1. The van der Waals surface area contributed by atoms with Crippen molar-refractivity contribution in [2.45, 2.75) is 20.3 Å². The van der Waals surface area contributed by atoms with Gasteiger partial charge in [-0.05, 0) is 37.1 Å². The van der Waals surface area contributed by atoms with Crippen LogP contribution in [-0.4, -0.2) is 26.1 Å². The number of hydrogen-bond donors (Lipinski definition) is 1. The predicted octanol–water partition coefficient (Wildman–Crippen LogP) is 3.18. The Balaban J connectivity index is 2.21. The Morgan fingerprint density at radius 2 is 1.74 bits per heavy atom. The highest BCUT2D eigenvalue weighted by Crippen LogP contribution is 2.26. The molecule has 0 unspecified atom stereocenters. The van der Waals surface area contributed by atoms with Gasteiger partial charge >= 0.3 is 5.97 Å². The van der Waals surface area contributed by atoms with Crippen LogP contribution in [0.4, 0.5) is 0 Å². The summed E-state index contributed by atoms with van der Waals surface area (Å²) in [5.74, 6) is -0.922. The van der Waals surface area contributed by atoms with Crippen molar-refractivity contribution in [3.63, 3.8) is 0 Å². The minimum absolute atomic E-state index is 0.158. The van der Waals surface area contributed by atoms with Gasteiger partial charge in [0.05, 0.1) is 17.8 Å². The summed E-state index contributed by atoms with van der Waals surface area (Å²) < 4.78 is 1.72. The molecule has 2 aromatic carbocycles. The van der Waals surface area contributed by atoms with Crippen LogP contribution in [-0.2, 0) is 11.2 Å². The lowest BCUT2D eigenvalue weighted by molar-refractivity contribution is -0.136. The number of hydrogen-bond acceptors (Lipinski definition) is 3. The van der Waals surface area contributed by atoms with Gasteiger partial charge in [-0.1, -0.05) is 41.6 Å². The van der Waals surface area contributed by atoms with Crippen LogP contribution < -0.4 is 0 Å². The molecule has 0 amide bonds. The third-order valence-electron chi connectivity index (χ3n) is 3.56. The second kappa shape index (κ2) is 6.04. The fourth-order valence-electron chi connectivity index (χ4n) is 2.71. The Hall–Kier alpha value is -2.95. The lowest BCUT2D eigenvalue weighted by atomic mass is 10.1. The average molecular weight is 307 g/mol. The third kappa shape index (κ3) is 3.13. The monoisotopic (exact) mass is 307 g/mol. The van der Waals surface area contributed by atoms with Crippen molar-refractivity contribution in [3.05, 3.63) is 65.4 Å². The zero-order valence-corrected chi connectivity index (χ0v) is 13.0. The first-order valence-electron chi connectivity index (χ1n) is 7.35. The molecule has 3 rings (SSSR count). The normalized spacial score (nSPS) is 10.7. The Labute approximate surface area is 134 Å². The van der Waals surface area contributed by atoms with Gasteiger partial charge in [0.1, 0.15) is 5.69 Å². The lowest BCUT2D eigenvalue weighted by Gasteiger charge is -2.10. The molecule has 116 valence electrons. The van der Waals surface area contributed by atoms with Crippen LogP contribution in [0, 0.1) is 13.8 Å². The highest BCUT2D eigenvalue weighted by Gasteiger charge is 2.18. The SMILES string of the molecule is Cc1cc(C)cc(-n2nnc(CC(=O)O)c2-c2ccccc2)c1. The summed E-state index contributed by atoms with van der Waals surface area (Å²) in [6.45, 7) is 4.04. The zero-order chi connectivity index (χ0) is 16.4. The van der Waals surface area contributed by atoms with Gasteiger partial charge in [-0.2, -0.15) is 0 Å². The van der Waals surface area contributed by atoms with E-state index < -0.39 is 5.97 Å². The van der Waals surface area contributed by atoms with E-state index in [9.17, 15) is 4.79 Å². The number of nitrogens with zero attached hydrogens (tertiary/aromatic N) is 3. The largest absolute Gasteiger partial charge is 0.481 e. The summed E-state index contributed by atoms with van der Waals surface area (Å²) in [6.07, 6.45) is -0.158. The van der Waals surface area contributed by atoms with E-state index in [1.165, 1.54) is 0 Å². The molecule has 5 nitrogen and oxygen atoms in total. The molecule has 1 aromatic heterocycles. The Morgan fingerprint density at radius 3 is 2.35 bits per heavy atom. The highest BCUT2D eigenvalue weighted by atomic mass is 16.4. The third-order valence-corrected chi connectivity index (χ3v) is 3.56. The average Bonchev–Trinajstić information content (AvgIpc) is 2.90. The van der Waals surface area contributed by atoms with Crippen LogP contribution in [0.25, 0.3) is 16.9 Å². The van der Waals surface area contributed by atoms with Crippen LogP contribution >= 0.6 is 0 Å². The maximum atomic E-state index is 11.1. The number of carboxylic acid groups (broad SMARTS) is 1. The Bertz CT molecular complexity index is 834. The molecule has 0 aliphatic rings. The molecular formula is C18H17N3O2. The van der Waals surface area contributed by atoms with Gasteiger partial charge in [-0.15, -0.1) is 5.10 Å². The molecule has 3 aromatic rings. The van der Waals surface area contributed by atoms with Crippen molar-refractivity contribution in [2.24, 2.45) is 0 Å². The maximum absolute atomic E-state index is 11.1. The second-order valence-electron chi connectivity index (χ2n) is 5.58. The first-order chi connectivity index (χ1) is 11.0. The minimum Gasteiger partial charge on any atom is -0.481 e. The van der Waals surface area contributed by atoms with E-state index in [-0.39, 0.29) is 6.42 Å². The summed E-state index contributed by atoms with van der Waals surface area (Å²) >= 11 is 0. The molecule has 0 spiro atoms. The molecule has 0 aliphatic heterocycles. The van der Waals surface area contributed by atoms with Gasteiger partial charge in [0.2, 0.25) is 0 Å². The minimum atomic E-state index is -0.922. The zero-order valence-electron chi connectivity index (χ0n) is 13.0. The summed E-state index contributed by atoms with van der Waals surface area (Å²) in [4.78, 5) is 11.1. The second-order valence-corrected chi connectivity index (χ2v) is 5.58. The number of benzene rings is 2. The van der Waals surface area contributed by atoms with E-state index in [1.54, 1.807) is 4.68 Å². The lowest BCUT2D eigenvalue weighted by Crippen LogP contribution is -2.04. The summed E-state index contributed by atoms with van der Waals surface area (Å²) in [5.41, 5.74) is 5.20. The summed E-state index contributed by atoms with van der Waals surface area (Å²) in [7, 11) is 0. The molecule has 1 heterocycles. The first kappa shape index (κ1) is 15.0. The molecule has 0 fully saturated rings. The molecule has 23 heavy (non-hydrogen) atoms. The fraction of sp³-hybridized carbons (Fsp3) is 0.167. The van der Waals surface area contributed by atoms with Gasteiger partial charge in [-0.3, -0.25) is 4.79 Å². The van der Waals surface area contributed by atoms with Gasteiger partial charge in [0, 0.05) is 5.56 Å². The topological polar surface area (TPSA) is 68.0 Å². The van der Waals surface area contributed by atoms with Crippen molar-refractivity contribution in [1.29, 1.82) is 0 Å². The molecule has 1 N–H and O–H groups in total. The van der Waals surface area contributed by atoms with Crippen molar-refractivity contribution in [2.75, 3.05) is 0 Å². The van der Waals surface area contributed by atoms with Gasteiger partial charge < -0.3 is 5.11 Å². The van der Waals surface area contributed by atoms with Crippen LogP contribution in [0.2, 0.25) is 0 Å². The van der Waals surface area contributed by atoms with Gasteiger partial charge in [-0.25, -0.2) is 4.68 Å². The Morgan fingerprint density at radius 1 is 1.09 bits per heavy atom. The number of aryl methyl sites for hydroxylation is 2. The molecule has 0 radical (unpaired) electrons. The van der Waals surface area contributed by atoms with Crippen LogP contribution in [0.15, 0.2) is 48.5 Å². The molecule has 0 atom stereocenters. The fourth-order valence-corrected chi connectivity index (χ4v) is 2.71. The Kier molecular flexibility index (Phi) is 3.93. The van der Waals surface area contributed by atoms with Crippen LogP contribution in [0.3, 0.4) is 0 Å². The number of carboxylic acids is 1. The summed E-state index contributed by atoms with van der Waals surface area (Å²) in [5, 5.41) is 17.4. The standard InChI is InChI=1S/C18H17N3O2/c1-12-8-13(2)10-15(9-12)21-18(14-6-4-3-5-7-14)16(19-20-21)11-17(22)23/h3-10H,11H2,1-2H3,(H,22,23). The van der Waals surface area contributed by atoms with E-state index in [2.05, 4.69) is 16.4 Å². The van der Waals surface area contributed by atoms with Crippen molar-refractivity contribution < 1.29 is 9.90 Å². The van der Waals surface area contributed by atoms with Gasteiger partial charge in [0.15, 0.2) is 0 Å². The molecule has 0 saturated heterocycles. The predicted molar refractivity (Wildman–Crippen MR) is 87.6 cm³/mol. The molecule has 0 saturated carbocycles. The maximum Gasteiger partial charge on any atom is 0.309 e. The molecular weight excluding hydrogens is 290 g/mol. The smallest absolute Gasteiger partial charge is 0.309 e. The molecule has 5 heteroatoms. The molecule has 0 bridgehead atoms. The quantitative estimate of drug-likeness (QED) is 0.804. The van der Waals surface area contributed by atoms with E-state index in [0.717, 1.165) is 28.1 Å². The van der Waals surface area contributed by atoms with E-state index in [0.29, 0.717) is 5.69 Å².